The average Bonchev–Trinajstić information content (AvgIpc) is 3.36. The van der Waals surface area contributed by atoms with Crippen LogP contribution in [0.3, 0.4) is 0 Å². The van der Waals surface area contributed by atoms with E-state index >= 15 is 0 Å². The summed E-state index contributed by atoms with van der Waals surface area (Å²) in [6, 6.07) is 20.1. The van der Waals surface area contributed by atoms with Crippen molar-refractivity contribution in [2.45, 2.75) is 63.2 Å². The number of nitrogens with zero attached hydrogens (tertiary/aromatic N) is 3. The Labute approximate surface area is 194 Å². The van der Waals surface area contributed by atoms with Gasteiger partial charge < -0.3 is 10.2 Å². The largest absolute Gasteiger partial charge is 0.349 e. The Balaban J connectivity index is 1.47. The van der Waals surface area contributed by atoms with Crippen LogP contribution < -0.4 is 5.32 Å². The van der Waals surface area contributed by atoms with E-state index in [-0.39, 0.29) is 23.9 Å². The molecule has 3 heterocycles. The average molecular weight is 443 g/mol. The minimum absolute atomic E-state index is 0.0140. The van der Waals surface area contributed by atoms with Gasteiger partial charge in [-0.25, -0.2) is 0 Å². The Morgan fingerprint density at radius 2 is 1.94 bits per heavy atom. The maximum Gasteiger partial charge on any atom is 0.254 e. The lowest BCUT2D eigenvalue weighted by Crippen LogP contribution is -2.54. The maximum atomic E-state index is 14.0. The zero-order valence-electron chi connectivity index (χ0n) is 19.0. The quantitative estimate of drug-likeness (QED) is 0.653. The fourth-order valence-electron chi connectivity index (χ4n) is 5.61. The number of amides is 2. The highest BCUT2D eigenvalue weighted by Gasteiger charge is 2.52. The summed E-state index contributed by atoms with van der Waals surface area (Å²) < 4.78 is 1.86. The molecule has 1 aromatic heterocycles. The number of hydrogen-bond donors (Lipinski definition) is 1. The van der Waals surface area contributed by atoms with Crippen molar-refractivity contribution in [1.29, 1.82) is 0 Å². The number of hydrogen-bond acceptors (Lipinski definition) is 3. The summed E-state index contributed by atoms with van der Waals surface area (Å²) in [7, 11) is 0. The Kier molecular flexibility index (Phi) is 5.75. The molecule has 0 spiro atoms. The van der Waals surface area contributed by atoms with E-state index in [1.54, 1.807) is 6.20 Å². The first-order valence-corrected chi connectivity index (χ1v) is 11.8. The number of benzene rings is 2. The molecule has 2 fully saturated rings. The Morgan fingerprint density at radius 1 is 1.12 bits per heavy atom. The molecule has 2 saturated heterocycles. The fraction of sp³-hybridized carbons (Fsp3) is 0.370. The second kappa shape index (κ2) is 8.85. The molecule has 2 amide bonds. The lowest BCUT2D eigenvalue weighted by molar-refractivity contribution is -0.122. The molecule has 1 N–H and O–H groups in total. The van der Waals surface area contributed by atoms with Crippen molar-refractivity contribution < 1.29 is 9.59 Å². The second-order valence-corrected chi connectivity index (χ2v) is 9.54. The van der Waals surface area contributed by atoms with E-state index in [0.717, 1.165) is 31.2 Å². The summed E-state index contributed by atoms with van der Waals surface area (Å²) in [5.41, 5.74) is 2.53. The van der Waals surface area contributed by atoms with Gasteiger partial charge in [-0.3, -0.25) is 14.3 Å². The summed E-state index contributed by atoms with van der Waals surface area (Å²) >= 11 is 0. The van der Waals surface area contributed by atoms with Crippen LogP contribution in [0.1, 0.15) is 54.1 Å². The minimum Gasteiger partial charge on any atom is -0.349 e. The van der Waals surface area contributed by atoms with Gasteiger partial charge in [0.2, 0.25) is 5.91 Å². The molecule has 0 aliphatic carbocycles. The van der Waals surface area contributed by atoms with Gasteiger partial charge in [0.05, 0.1) is 18.1 Å². The van der Waals surface area contributed by atoms with E-state index in [9.17, 15) is 9.59 Å². The number of likely N-dealkylation sites (tertiary alicyclic amines) is 1. The van der Waals surface area contributed by atoms with Gasteiger partial charge in [-0.15, -0.1) is 0 Å². The molecule has 0 saturated carbocycles. The van der Waals surface area contributed by atoms with Gasteiger partial charge in [-0.05, 0) is 61.9 Å². The predicted molar refractivity (Wildman–Crippen MR) is 127 cm³/mol. The van der Waals surface area contributed by atoms with Gasteiger partial charge in [-0.1, -0.05) is 42.5 Å². The molecule has 2 aromatic carbocycles. The fourth-order valence-corrected chi connectivity index (χ4v) is 5.61. The molecule has 0 unspecified atom stereocenters. The highest BCUT2D eigenvalue weighted by Crippen LogP contribution is 2.40. The van der Waals surface area contributed by atoms with Gasteiger partial charge >= 0.3 is 0 Å². The van der Waals surface area contributed by atoms with Crippen molar-refractivity contribution in [2.75, 3.05) is 0 Å². The molecular weight excluding hydrogens is 412 g/mol. The van der Waals surface area contributed by atoms with E-state index in [1.807, 2.05) is 59.4 Å². The van der Waals surface area contributed by atoms with Crippen LogP contribution in [-0.2, 0) is 17.8 Å². The third-order valence-corrected chi connectivity index (χ3v) is 7.06. The number of aromatic nitrogens is 2. The van der Waals surface area contributed by atoms with Crippen LogP contribution in [0.4, 0.5) is 0 Å². The van der Waals surface area contributed by atoms with E-state index < -0.39 is 5.54 Å². The van der Waals surface area contributed by atoms with Crippen LogP contribution in [0.25, 0.3) is 0 Å². The summed E-state index contributed by atoms with van der Waals surface area (Å²) in [4.78, 5) is 28.5. The number of rotatable bonds is 5. The molecule has 6 heteroatoms. The first kappa shape index (κ1) is 21.4. The summed E-state index contributed by atoms with van der Waals surface area (Å²) in [5, 5.41) is 7.55. The lowest BCUT2D eigenvalue weighted by Gasteiger charge is -2.35. The zero-order valence-corrected chi connectivity index (χ0v) is 19.0. The predicted octanol–water partition coefficient (Wildman–Crippen LogP) is 3.82. The molecule has 3 atom stereocenters. The molecule has 2 aliphatic heterocycles. The molecular formula is C27H30N4O2. The molecule has 33 heavy (non-hydrogen) atoms. The van der Waals surface area contributed by atoms with Gasteiger partial charge in [0.25, 0.3) is 5.91 Å². The molecule has 2 aliphatic rings. The normalized spacial score (nSPS) is 24.8. The Hall–Kier alpha value is -3.41. The highest BCUT2D eigenvalue weighted by molar-refractivity contribution is 5.95. The Morgan fingerprint density at radius 3 is 2.73 bits per heavy atom. The van der Waals surface area contributed by atoms with Crippen LogP contribution in [0.15, 0.2) is 73.1 Å². The van der Waals surface area contributed by atoms with E-state index in [0.29, 0.717) is 18.5 Å². The minimum atomic E-state index is -0.407. The van der Waals surface area contributed by atoms with Crippen molar-refractivity contribution in [3.63, 3.8) is 0 Å². The number of carbonyl (C=O) groups excluding carboxylic acids is 2. The van der Waals surface area contributed by atoms with E-state index in [2.05, 4.69) is 34.4 Å². The first-order valence-electron chi connectivity index (χ1n) is 11.8. The van der Waals surface area contributed by atoms with E-state index in [1.165, 1.54) is 5.56 Å². The molecule has 3 aromatic rings. The highest BCUT2D eigenvalue weighted by atomic mass is 16.2. The van der Waals surface area contributed by atoms with Crippen LogP contribution in [0, 0.1) is 0 Å². The van der Waals surface area contributed by atoms with Crippen molar-refractivity contribution in [1.82, 2.24) is 20.0 Å². The topological polar surface area (TPSA) is 67.2 Å². The molecule has 0 bridgehead atoms. The SMILES string of the molecule is C[C@]12C[C@@H](Cc3ccccc3)N(C(=O)c3cccc(Cn4cccn4)c3)[C@H]1CCCC(=O)N2. The maximum absolute atomic E-state index is 14.0. The molecule has 0 radical (unpaired) electrons. The molecule has 5 rings (SSSR count). The number of fused-ring (bicyclic) bond motifs is 1. The van der Waals surface area contributed by atoms with E-state index in [4.69, 9.17) is 0 Å². The summed E-state index contributed by atoms with van der Waals surface area (Å²) in [6.45, 7) is 2.74. The van der Waals surface area contributed by atoms with Gasteiger partial charge in [0, 0.05) is 30.4 Å². The third-order valence-electron chi connectivity index (χ3n) is 7.06. The number of carbonyl (C=O) groups is 2. The van der Waals surface area contributed by atoms with Gasteiger partial charge in [0.15, 0.2) is 0 Å². The first-order chi connectivity index (χ1) is 16.0. The van der Waals surface area contributed by atoms with Gasteiger partial charge in [0.1, 0.15) is 0 Å². The van der Waals surface area contributed by atoms with Crippen LogP contribution >= 0.6 is 0 Å². The third kappa shape index (κ3) is 4.42. The van der Waals surface area contributed by atoms with Crippen molar-refractivity contribution in [2.24, 2.45) is 0 Å². The van der Waals surface area contributed by atoms with Crippen LogP contribution in [0.5, 0.6) is 0 Å². The smallest absolute Gasteiger partial charge is 0.254 e. The van der Waals surface area contributed by atoms with Crippen LogP contribution in [-0.4, -0.2) is 44.1 Å². The molecule has 6 nitrogen and oxygen atoms in total. The standard InChI is InChI=1S/C27H30N4O2/c1-27-18-23(17-20-8-3-2-4-9-20)31(24(27)12-6-13-25(32)29-27)26(33)22-11-5-10-21(16-22)19-30-15-7-14-28-30/h2-5,7-11,14-16,23-24H,6,12-13,17-19H2,1H3,(H,29,32)/t23-,24+,27+/m1/s1. The monoisotopic (exact) mass is 442 g/mol. The summed E-state index contributed by atoms with van der Waals surface area (Å²) in [5.74, 6) is 0.136. The Bertz CT molecular complexity index is 1130. The van der Waals surface area contributed by atoms with Crippen LogP contribution in [0.2, 0.25) is 0 Å². The van der Waals surface area contributed by atoms with Crippen molar-refractivity contribution in [3.05, 3.63) is 89.7 Å². The van der Waals surface area contributed by atoms with Crippen molar-refractivity contribution >= 4 is 11.8 Å². The zero-order chi connectivity index (χ0) is 22.8. The second-order valence-electron chi connectivity index (χ2n) is 9.54. The molecule has 170 valence electrons. The van der Waals surface area contributed by atoms with Crippen molar-refractivity contribution in [3.8, 4) is 0 Å². The number of nitrogens with one attached hydrogen (secondary N) is 1. The lowest BCUT2D eigenvalue weighted by atomic mass is 9.88. The summed E-state index contributed by atoms with van der Waals surface area (Å²) in [6.07, 6.45) is 7.38. The van der Waals surface area contributed by atoms with Gasteiger partial charge in [-0.2, -0.15) is 5.10 Å².